The van der Waals surface area contributed by atoms with Gasteiger partial charge in [-0.25, -0.2) is 4.98 Å². The molecule has 3 heterocycles. The van der Waals surface area contributed by atoms with Crippen LogP contribution in [0.25, 0.3) is 5.52 Å². The minimum atomic E-state index is -0.102. The Labute approximate surface area is 159 Å². The van der Waals surface area contributed by atoms with Crippen LogP contribution in [-0.2, 0) is 0 Å². The van der Waals surface area contributed by atoms with Crippen LogP contribution in [0.1, 0.15) is 36.3 Å². The summed E-state index contributed by atoms with van der Waals surface area (Å²) in [6.45, 7) is 4.66. The maximum absolute atomic E-state index is 12.6. The van der Waals surface area contributed by atoms with E-state index in [1.165, 1.54) is 13.1 Å². The lowest BCUT2D eigenvalue weighted by atomic mass is 9.89. The van der Waals surface area contributed by atoms with Crippen LogP contribution in [0.5, 0.6) is 0 Å². The number of piperazine rings is 1. The van der Waals surface area contributed by atoms with Crippen LogP contribution in [0, 0.1) is 0 Å². The molecular formula is C19H26ClN5O. The van der Waals surface area contributed by atoms with Gasteiger partial charge in [-0.1, -0.05) is 11.6 Å². The van der Waals surface area contributed by atoms with Gasteiger partial charge in [0.25, 0.3) is 5.91 Å². The maximum Gasteiger partial charge on any atom is 0.287 e. The summed E-state index contributed by atoms with van der Waals surface area (Å²) in [6.07, 6.45) is 7.88. The molecule has 0 bridgehead atoms. The van der Waals surface area contributed by atoms with Gasteiger partial charge in [0.15, 0.2) is 0 Å². The Morgan fingerprint density at radius 3 is 2.65 bits per heavy atom. The molecule has 0 atom stereocenters. The van der Waals surface area contributed by atoms with E-state index >= 15 is 0 Å². The molecule has 0 aromatic carbocycles. The predicted octanol–water partition coefficient (Wildman–Crippen LogP) is 2.28. The largest absolute Gasteiger partial charge is 0.347 e. The third-order valence-corrected chi connectivity index (χ3v) is 6.02. The molecule has 4 rings (SSSR count). The lowest BCUT2D eigenvalue weighted by Gasteiger charge is -2.41. The third-order valence-electron chi connectivity index (χ3n) is 5.78. The first-order valence-electron chi connectivity index (χ1n) is 9.46. The van der Waals surface area contributed by atoms with Crippen molar-refractivity contribution < 1.29 is 4.79 Å². The first kappa shape index (κ1) is 17.8. The number of imidazole rings is 1. The van der Waals surface area contributed by atoms with E-state index in [1.54, 1.807) is 22.9 Å². The summed E-state index contributed by atoms with van der Waals surface area (Å²) in [5.41, 5.74) is 0.835. The summed E-state index contributed by atoms with van der Waals surface area (Å²) in [5, 5.41) is 3.82. The molecule has 1 aliphatic heterocycles. The van der Waals surface area contributed by atoms with Gasteiger partial charge in [-0.05, 0) is 44.9 Å². The number of carbonyl (C=O) groups is 1. The summed E-state index contributed by atoms with van der Waals surface area (Å²) in [7, 11) is 2.19. The van der Waals surface area contributed by atoms with E-state index in [1.807, 2.05) is 6.07 Å². The fraction of sp³-hybridized carbons (Fsp3) is 0.579. The number of likely N-dealkylation sites (N-methyl/N-ethyl adjacent to an activating group) is 1. The number of halogens is 1. The average Bonchev–Trinajstić information content (AvgIpc) is 3.06. The number of hydrogen-bond acceptors (Lipinski definition) is 4. The van der Waals surface area contributed by atoms with Crippen molar-refractivity contribution in [2.45, 2.75) is 37.8 Å². The van der Waals surface area contributed by atoms with E-state index in [4.69, 9.17) is 11.6 Å². The highest BCUT2D eigenvalue weighted by Crippen LogP contribution is 2.24. The quantitative estimate of drug-likeness (QED) is 0.894. The minimum absolute atomic E-state index is 0.102. The topological polar surface area (TPSA) is 52.9 Å². The molecule has 2 aromatic heterocycles. The van der Waals surface area contributed by atoms with Crippen molar-refractivity contribution in [3.8, 4) is 0 Å². The molecule has 0 spiro atoms. The molecular weight excluding hydrogens is 350 g/mol. The normalized spacial score (nSPS) is 25.5. The van der Waals surface area contributed by atoms with Crippen molar-refractivity contribution in [3.63, 3.8) is 0 Å². The fourth-order valence-corrected chi connectivity index (χ4v) is 4.33. The Balaban J connectivity index is 1.33. The number of amides is 1. The summed E-state index contributed by atoms with van der Waals surface area (Å²) in [4.78, 5) is 21.9. The Hall–Kier alpha value is -1.63. The van der Waals surface area contributed by atoms with Gasteiger partial charge in [-0.2, -0.15) is 0 Å². The molecule has 1 aliphatic carbocycles. The Kier molecular flexibility index (Phi) is 5.16. The van der Waals surface area contributed by atoms with Crippen LogP contribution < -0.4 is 5.32 Å². The second kappa shape index (κ2) is 7.55. The minimum Gasteiger partial charge on any atom is -0.347 e. The Morgan fingerprint density at radius 2 is 1.92 bits per heavy atom. The van der Waals surface area contributed by atoms with Crippen molar-refractivity contribution in [3.05, 3.63) is 35.4 Å². The predicted molar refractivity (Wildman–Crippen MR) is 103 cm³/mol. The number of carbonyl (C=O) groups excluding carboxylic acids is 1. The highest BCUT2D eigenvalue weighted by Gasteiger charge is 2.28. The van der Waals surface area contributed by atoms with Crippen molar-refractivity contribution in [2.24, 2.45) is 0 Å². The fourth-order valence-electron chi connectivity index (χ4n) is 4.16. The van der Waals surface area contributed by atoms with E-state index in [2.05, 4.69) is 27.1 Å². The van der Waals surface area contributed by atoms with Gasteiger partial charge >= 0.3 is 0 Å². The monoisotopic (exact) mass is 375 g/mol. The van der Waals surface area contributed by atoms with E-state index < -0.39 is 0 Å². The third kappa shape index (κ3) is 3.72. The summed E-state index contributed by atoms with van der Waals surface area (Å²) in [6, 6.07) is 4.50. The van der Waals surface area contributed by atoms with Crippen LogP contribution in [0.15, 0.2) is 24.5 Å². The first-order chi connectivity index (χ1) is 12.6. The molecule has 140 valence electrons. The molecule has 2 aromatic rings. The second-order valence-corrected chi connectivity index (χ2v) is 7.98. The first-order valence-corrected chi connectivity index (χ1v) is 9.84. The molecule has 1 amide bonds. The van der Waals surface area contributed by atoms with Crippen LogP contribution in [0.3, 0.4) is 0 Å². The number of nitrogens with zero attached hydrogens (tertiary/aromatic N) is 4. The number of pyridine rings is 1. The van der Waals surface area contributed by atoms with Gasteiger partial charge in [-0.15, -0.1) is 0 Å². The van der Waals surface area contributed by atoms with Gasteiger partial charge < -0.3 is 10.2 Å². The van der Waals surface area contributed by atoms with E-state index in [0.717, 1.165) is 44.3 Å². The summed E-state index contributed by atoms with van der Waals surface area (Å²) >= 11 is 6.00. The summed E-state index contributed by atoms with van der Waals surface area (Å²) < 4.78 is 1.79. The Morgan fingerprint density at radius 1 is 1.19 bits per heavy atom. The number of hydrogen-bond donors (Lipinski definition) is 1. The lowest BCUT2D eigenvalue weighted by Crippen LogP contribution is -2.51. The van der Waals surface area contributed by atoms with E-state index in [9.17, 15) is 4.79 Å². The van der Waals surface area contributed by atoms with Crippen LogP contribution in [-0.4, -0.2) is 70.4 Å². The standard InChI is InChI=1S/C19H26ClN5O/c1-23-8-10-24(11-9-23)16-4-2-15(3-5-16)22-19(26)18-21-13-17-12-14(20)6-7-25(17)18/h6-7,12-13,15-16H,2-5,8-11H2,1H3,(H,22,26). The Bertz CT molecular complexity index is 775. The number of aromatic nitrogens is 2. The molecule has 7 heteroatoms. The van der Waals surface area contributed by atoms with Crippen LogP contribution in [0.4, 0.5) is 0 Å². The summed E-state index contributed by atoms with van der Waals surface area (Å²) in [5.74, 6) is 0.327. The molecule has 26 heavy (non-hydrogen) atoms. The number of nitrogens with one attached hydrogen (secondary N) is 1. The molecule has 1 saturated carbocycles. The van der Waals surface area contributed by atoms with E-state index in [0.29, 0.717) is 16.9 Å². The maximum atomic E-state index is 12.6. The van der Waals surface area contributed by atoms with Gasteiger partial charge in [0, 0.05) is 49.5 Å². The average molecular weight is 376 g/mol. The molecule has 0 radical (unpaired) electrons. The van der Waals surface area contributed by atoms with E-state index in [-0.39, 0.29) is 11.9 Å². The molecule has 0 unspecified atom stereocenters. The van der Waals surface area contributed by atoms with Gasteiger partial charge in [0.1, 0.15) is 0 Å². The molecule has 2 fully saturated rings. The van der Waals surface area contributed by atoms with Crippen molar-refractivity contribution in [1.82, 2.24) is 24.5 Å². The van der Waals surface area contributed by atoms with Crippen molar-refractivity contribution >= 4 is 23.0 Å². The van der Waals surface area contributed by atoms with Crippen LogP contribution >= 0.6 is 11.6 Å². The zero-order valence-corrected chi connectivity index (χ0v) is 16.0. The molecule has 6 nitrogen and oxygen atoms in total. The SMILES string of the molecule is CN1CCN(C2CCC(NC(=O)c3ncc4cc(Cl)ccn34)CC2)CC1. The zero-order valence-electron chi connectivity index (χ0n) is 15.2. The van der Waals surface area contributed by atoms with Crippen LogP contribution in [0.2, 0.25) is 5.02 Å². The molecule has 2 aliphatic rings. The number of rotatable bonds is 3. The highest BCUT2D eigenvalue weighted by atomic mass is 35.5. The zero-order chi connectivity index (χ0) is 18.1. The second-order valence-electron chi connectivity index (χ2n) is 7.54. The highest BCUT2D eigenvalue weighted by molar-refractivity contribution is 6.30. The van der Waals surface area contributed by atoms with Gasteiger partial charge in [0.2, 0.25) is 5.82 Å². The van der Waals surface area contributed by atoms with Crippen molar-refractivity contribution in [2.75, 3.05) is 33.2 Å². The van der Waals surface area contributed by atoms with Gasteiger partial charge in [0.05, 0.1) is 11.7 Å². The lowest BCUT2D eigenvalue weighted by molar-refractivity contribution is 0.0786. The van der Waals surface area contributed by atoms with Gasteiger partial charge in [-0.3, -0.25) is 14.1 Å². The number of fused-ring (bicyclic) bond motifs is 1. The molecule has 1 N–H and O–H groups in total. The smallest absolute Gasteiger partial charge is 0.287 e. The molecule has 1 saturated heterocycles. The van der Waals surface area contributed by atoms with Crippen molar-refractivity contribution in [1.29, 1.82) is 0 Å².